The zero-order valence-corrected chi connectivity index (χ0v) is 11.0. The normalized spacial score (nSPS) is 19.5. The molecule has 0 aromatic carbocycles. The largest absolute Gasteiger partial charge is 0.369 e. The molecule has 1 amide bonds. The van der Waals surface area contributed by atoms with Crippen molar-refractivity contribution in [1.82, 2.24) is 9.88 Å². The van der Waals surface area contributed by atoms with E-state index in [4.69, 9.17) is 4.74 Å². The Hall–Kier alpha value is -1.42. The van der Waals surface area contributed by atoms with E-state index in [-0.39, 0.29) is 24.7 Å². The summed E-state index contributed by atoms with van der Waals surface area (Å²) in [5.74, 6) is 0.0861. The SMILES string of the molecule is CC(C)OCC(=O)N1CCCC1c1ccncc1. The van der Waals surface area contributed by atoms with E-state index in [0.717, 1.165) is 19.4 Å². The van der Waals surface area contributed by atoms with Crippen LogP contribution in [-0.4, -0.2) is 35.0 Å². The van der Waals surface area contributed by atoms with Gasteiger partial charge < -0.3 is 9.64 Å². The average Bonchev–Trinajstić information content (AvgIpc) is 2.86. The lowest BCUT2D eigenvalue weighted by Gasteiger charge is -2.25. The maximum Gasteiger partial charge on any atom is 0.249 e. The second-order valence-electron chi connectivity index (χ2n) is 4.89. The minimum atomic E-state index is 0.0861. The number of pyridine rings is 1. The van der Waals surface area contributed by atoms with Crippen molar-refractivity contribution in [2.45, 2.75) is 38.8 Å². The van der Waals surface area contributed by atoms with Gasteiger partial charge in [0.2, 0.25) is 5.91 Å². The molecule has 1 aliphatic heterocycles. The van der Waals surface area contributed by atoms with E-state index in [1.807, 2.05) is 30.9 Å². The number of carbonyl (C=O) groups is 1. The van der Waals surface area contributed by atoms with Gasteiger partial charge in [-0.05, 0) is 44.4 Å². The van der Waals surface area contributed by atoms with Gasteiger partial charge in [-0.3, -0.25) is 9.78 Å². The molecule has 1 aliphatic rings. The van der Waals surface area contributed by atoms with Crippen molar-refractivity contribution in [3.63, 3.8) is 0 Å². The van der Waals surface area contributed by atoms with Gasteiger partial charge in [-0.25, -0.2) is 0 Å². The highest BCUT2D eigenvalue weighted by atomic mass is 16.5. The highest BCUT2D eigenvalue weighted by Crippen LogP contribution is 2.31. The van der Waals surface area contributed by atoms with Crippen molar-refractivity contribution in [2.24, 2.45) is 0 Å². The van der Waals surface area contributed by atoms with Crippen LogP contribution in [-0.2, 0) is 9.53 Å². The lowest BCUT2D eigenvalue weighted by Crippen LogP contribution is -2.34. The van der Waals surface area contributed by atoms with E-state index < -0.39 is 0 Å². The monoisotopic (exact) mass is 248 g/mol. The quantitative estimate of drug-likeness (QED) is 0.820. The number of carbonyl (C=O) groups excluding carboxylic acids is 1. The standard InChI is InChI=1S/C14H20N2O2/c1-11(2)18-10-14(17)16-9-3-4-13(16)12-5-7-15-8-6-12/h5-8,11,13H,3-4,9-10H2,1-2H3. The Labute approximate surface area is 108 Å². The van der Waals surface area contributed by atoms with E-state index in [9.17, 15) is 4.79 Å². The molecule has 2 rings (SSSR count). The molecule has 1 aromatic rings. The fourth-order valence-corrected chi connectivity index (χ4v) is 2.32. The number of aromatic nitrogens is 1. The maximum absolute atomic E-state index is 12.1. The van der Waals surface area contributed by atoms with Gasteiger partial charge in [0.15, 0.2) is 0 Å². The second-order valence-corrected chi connectivity index (χ2v) is 4.89. The molecule has 0 aliphatic carbocycles. The van der Waals surface area contributed by atoms with Crippen molar-refractivity contribution in [1.29, 1.82) is 0 Å². The van der Waals surface area contributed by atoms with Crippen molar-refractivity contribution in [3.05, 3.63) is 30.1 Å². The number of hydrogen-bond donors (Lipinski definition) is 0. The molecule has 0 N–H and O–H groups in total. The molecule has 1 unspecified atom stereocenters. The molecule has 1 atom stereocenters. The topological polar surface area (TPSA) is 42.4 Å². The van der Waals surface area contributed by atoms with Gasteiger partial charge in [-0.15, -0.1) is 0 Å². The van der Waals surface area contributed by atoms with Crippen molar-refractivity contribution >= 4 is 5.91 Å². The summed E-state index contributed by atoms with van der Waals surface area (Å²) >= 11 is 0. The van der Waals surface area contributed by atoms with E-state index in [0.29, 0.717) is 0 Å². The van der Waals surface area contributed by atoms with Crippen molar-refractivity contribution in [2.75, 3.05) is 13.2 Å². The molecule has 1 aromatic heterocycles. The number of amides is 1. The number of likely N-dealkylation sites (tertiary alicyclic amines) is 1. The van der Waals surface area contributed by atoms with Gasteiger partial charge in [-0.1, -0.05) is 0 Å². The lowest BCUT2D eigenvalue weighted by molar-refractivity contribution is -0.138. The Morgan fingerprint density at radius 3 is 2.89 bits per heavy atom. The molecular formula is C14H20N2O2. The van der Waals surface area contributed by atoms with E-state index in [1.54, 1.807) is 12.4 Å². The van der Waals surface area contributed by atoms with Crippen LogP contribution in [0.15, 0.2) is 24.5 Å². The molecule has 2 heterocycles. The zero-order chi connectivity index (χ0) is 13.0. The molecule has 0 saturated carbocycles. The van der Waals surface area contributed by atoms with Gasteiger partial charge in [-0.2, -0.15) is 0 Å². The van der Waals surface area contributed by atoms with Crippen LogP contribution in [0.3, 0.4) is 0 Å². The Morgan fingerprint density at radius 1 is 1.50 bits per heavy atom. The first-order valence-corrected chi connectivity index (χ1v) is 6.49. The molecule has 18 heavy (non-hydrogen) atoms. The summed E-state index contributed by atoms with van der Waals surface area (Å²) < 4.78 is 5.40. The lowest BCUT2D eigenvalue weighted by atomic mass is 10.1. The summed E-state index contributed by atoms with van der Waals surface area (Å²) in [4.78, 5) is 18.1. The number of ether oxygens (including phenoxy) is 1. The molecule has 0 spiro atoms. The van der Waals surface area contributed by atoms with Crippen LogP contribution in [0.2, 0.25) is 0 Å². The van der Waals surface area contributed by atoms with Crippen LogP contribution in [0, 0.1) is 0 Å². The third-order valence-corrected chi connectivity index (χ3v) is 3.20. The van der Waals surface area contributed by atoms with E-state index >= 15 is 0 Å². The van der Waals surface area contributed by atoms with Crippen LogP contribution in [0.25, 0.3) is 0 Å². The van der Waals surface area contributed by atoms with E-state index in [1.165, 1.54) is 5.56 Å². The van der Waals surface area contributed by atoms with Gasteiger partial charge in [0.1, 0.15) is 6.61 Å². The van der Waals surface area contributed by atoms with Crippen molar-refractivity contribution in [3.8, 4) is 0 Å². The van der Waals surface area contributed by atoms with Crippen LogP contribution in [0.5, 0.6) is 0 Å². The maximum atomic E-state index is 12.1. The minimum Gasteiger partial charge on any atom is -0.369 e. The van der Waals surface area contributed by atoms with Gasteiger partial charge in [0.05, 0.1) is 12.1 Å². The summed E-state index contributed by atoms with van der Waals surface area (Å²) in [5.41, 5.74) is 1.17. The molecular weight excluding hydrogens is 228 g/mol. The Balaban J connectivity index is 2.01. The highest BCUT2D eigenvalue weighted by Gasteiger charge is 2.29. The Morgan fingerprint density at radius 2 is 2.22 bits per heavy atom. The number of rotatable bonds is 4. The summed E-state index contributed by atoms with van der Waals surface area (Å²) in [6.07, 6.45) is 5.73. The van der Waals surface area contributed by atoms with Crippen molar-refractivity contribution < 1.29 is 9.53 Å². The molecule has 1 fully saturated rings. The Bertz CT molecular complexity index is 392. The van der Waals surface area contributed by atoms with Crippen LogP contribution < -0.4 is 0 Å². The van der Waals surface area contributed by atoms with Gasteiger partial charge in [0, 0.05) is 18.9 Å². The highest BCUT2D eigenvalue weighted by molar-refractivity contribution is 5.78. The summed E-state index contributed by atoms with van der Waals surface area (Å²) in [6.45, 7) is 4.89. The first-order chi connectivity index (χ1) is 8.68. The summed E-state index contributed by atoms with van der Waals surface area (Å²) in [5, 5.41) is 0. The van der Waals surface area contributed by atoms with Gasteiger partial charge >= 0.3 is 0 Å². The van der Waals surface area contributed by atoms with Crippen LogP contribution in [0.4, 0.5) is 0 Å². The van der Waals surface area contributed by atoms with Crippen LogP contribution in [0.1, 0.15) is 38.3 Å². The van der Waals surface area contributed by atoms with E-state index in [2.05, 4.69) is 4.98 Å². The Kier molecular flexibility index (Phi) is 4.31. The molecule has 0 bridgehead atoms. The molecule has 4 heteroatoms. The summed E-state index contributed by atoms with van der Waals surface area (Å²) in [6, 6.07) is 4.16. The predicted octanol–water partition coefficient (Wildman–Crippen LogP) is 2.17. The third kappa shape index (κ3) is 3.07. The van der Waals surface area contributed by atoms with Gasteiger partial charge in [0.25, 0.3) is 0 Å². The predicted molar refractivity (Wildman–Crippen MR) is 69.0 cm³/mol. The molecule has 4 nitrogen and oxygen atoms in total. The molecule has 98 valence electrons. The molecule has 1 saturated heterocycles. The average molecular weight is 248 g/mol. The number of nitrogens with zero attached hydrogens (tertiary/aromatic N) is 2. The minimum absolute atomic E-state index is 0.0861. The summed E-state index contributed by atoms with van der Waals surface area (Å²) in [7, 11) is 0. The fourth-order valence-electron chi connectivity index (χ4n) is 2.32. The third-order valence-electron chi connectivity index (χ3n) is 3.20. The fraction of sp³-hybridized carbons (Fsp3) is 0.571. The first kappa shape index (κ1) is 13.0. The zero-order valence-electron chi connectivity index (χ0n) is 11.0. The second kappa shape index (κ2) is 5.96. The van der Waals surface area contributed by atoms with Crippen LogP contribution >= 0.6 is 0 Å². The first-order valence-electron chi connectivity index (χ1n) is 6.49. The number of hydrogen-bond acceptors (Lipinski definition) is 3. The molecule has 0 radical (unpaired) electrons. The smallest absolute Gasteiger partial charge is 0.249 e.